The third kappa shape index (κ3) is 14.9. The fraction of sp³-hybridized carbons (Fsp3) is 0.404. The van der Waals surface area contributed by atoms with E-state index in [9.17, 15) is 29.4 Å². The van der Waals surface area contributed by atoms with Gasteiger partial charge in [0.2, 0.25) is 11.8 Å². The van der Waals surface area contributed by atoms with Gasteiger partial charge in [-0.15, -0.1) is 0 Å². The van der Waals surface area contributed by atoms with Crippen molar-refractivity contribution in [2.24, 2.45) is 16.7 Å². The molecule has 12 heteroatoms. The van der Waals surface area contributed by atoms with Crippen molar-refractivity contribution in [1.29, 1.82) is 0 Å². The van der Waals surface area contributed by atoms with E-state index < -0.39 is 77.6 Å². The number of rotatable bonds is 18. The molecule has 0 saturated carbocycles. The van der Waals surface area contributed by atoms with Gasteiger partial charge in [-0.05, 0) is 45.9 Å². The second-order valence-electron chi connectivity index (χ2n) is 17.0. The van der Waals surface area contributed by atoms with Crippen molar-refractivity contribution in [2.45, 2.75) is 97.9 Å². The van der Waals surface area contributed by atoms with E-state index in [4.69, 9.17) is 9.47 Å². The first-order valence-corrected chi connectivity index (χ1v) is 20.0. The van der Waals surface area contributed by atoms with Crippen molar-refractivity contribution in [3.63, 3.8) is 0 Å². The Labute approximate surface area is 348 Å². The molecule has 0 unspecified atom stereocenters. The monoisotopic (exact) mass is 808 g/mol. The van der Waals surface area contributed by atoms with Crippen molar-refractivity contribution in [3.05, 3.63) is 144 Å². The van der Waals surface area contributed by atoms with Crippen LogP contribution in [-0.4, -0.2) is 71.1 Å². The molecule has 4 aromatic rings. The van der Waals surface area contributed by atoms with E-state index in [1.807, 2.05) is 142 Å². The Balaban J connectivity index is 1.60. The van der Waals surface area contributed by atoms with Gasteiger partial charge in [0.25, 0.3) is 0 Å². The maximum Gasteiger partial charge on any atom is 0.408 e. The van der Waals surface area contributed by atoms with Crippen LogP contribution in [0.15, 0.2) is 121 Å². The normalized spacial score (nSPS) is 14.6. The number of amides is 4. The highest BCUT2D eigenvalue weighted by atomic mass is 16.6. The highest BCUT2D eigenvalue weighted by molar-refractivity contribution is 5.87. The lowest BCUT2D eigenvalue weighted by molar-refractivity contribution is -0.129. The molecule has 0 heterocycles. The summed E-state index contributed by atoms with van der Waals surface area (Å²) >= 11 is 0. The van der Waals surface area contributed by atoms with Gasteiger partial charge >= 0.3 is 12.2 Å². The highest BCUT2D eigenvalue weighted by Gasteiger charge is 2.41. The number of ether oxygens (including phenoxy) is 2. The summed E-state index contributed by atoms with van der Waals surface area (Å²) < 4.78 is 10.9. The van der Waals surface area contributed by atoms with E-state index in [1.54, 1.807) is 20.8 Å². The molecule has 4 aromatic carbocycles. The van der Waals surface area contributed by atoms with Crippen LogP contribution < -0.4 is 21.3 Å². The summed E-state index contributed by atoms with van der Waals surface area (Å²) in [7, 11) is 0. The number of aliphatic hydroxyl groups excluding tert-OH is 2. The average molecular weight is 809 g/mol. The van der Waals surface area contributed by atoms with Gasteiger partial charge in [-0.1, -0.05) is 163 Å². The second kappa shape index (κ2) is 21.9. The lowest BCUT2D eigenvalue weighted by atomic mass is 9.82. The van der Waals surface area contributed by atoms with Gasteiger partial charge in [0.1, 0.15) is 25.3 Å². The molecule has 4 amide bonds. The van der Waals surface area contributed by atoms with Crippen LogP contribution in [0.4, 0.5) is 9.59 Å². The van der Waals surface area contributed by atoms with E-state index in [0.29, 0.717) is 0 Å². The van der Waals surface area contributed by atoms with Gasteiger partial charge in [0.15, 0.2) is 0 Å². The molecule has 0 bridgehead atoms. The van der Waals surface area contributed by atoms with Crippen LogP contribution in [0.2, 0.25) is 0 Å². The molecule has 0 aliphatic heterocycles. The van der Waals surface area contributed by atoms with Gasteiger partial charge in [-0.3, -0.25) is 9.59 Å². The quantitative estimate of drug-likeness (QED) is 0.0700. The van der Waals surface area contributed by atoms with Crippen molar-refractivity contribution < 1.29 is 38.9 Å². The molecule has 0 saturated heterocycles. The van der Waals surface area contributed by atoms with Gasteiger partial charge in [-0.2, -0.15) is 0 Å². The summed E-state index contributed by atoms with van der Waals surface area (Å²) in [6.07, 6.45) is -2.62. The molecule has 0 fully saturated rings. The first-order chi connectivity index (χ1) is 28.0. The Bertz CT molecular complexity index is 1900. The number of aliphatic hydroxyl groups is 2. The molecule has 0 aliphatic carbocycles. The molecule has 0 radical (unpaired) electrons. The Morgan fingerprint density at radius 3 is 1.17 bits per heavy atom. The second-order valence-corrected chi connectivity index (χ2v) is 17.0. The van der Waals surface area contributed by atoms with Crippen molar-refractivity contribution in [2.75, 3.05) is 6.61 Å². The van der Waals surface area contributed by atoms with Gasteiger partial charge in [-0.25, -0.2) is 9.59 Å². The standard InChI is InChI=1S/C47H60N4O8/c1-46(2,3)40(50-44(56)58-30-34-23-15-9-16-24-34)42(54)48-37(27-32-19-11-7-12-20-32)36(29-52)39(53)38(28-33-21-13-8-14-22-33)49-43(55)41(47(4,5)6)51-45(57)59-31-35-25-17-10-18-26-35/h7-26,36-41,52-53H,27-31H2,1-6H3,(H,48,54)(H,49,55)(H,50,56)(H,51,57)/t36-,37+,38+,39+,40-,41-/m1/s1. The van der Waals surface area contributed by atoms with Gasteiger partial charge in [0, 0.05) is 12.0 Å². The number of carbonyl (C=O) groups excluding carboxylic acids is 4. The number of hydrogen-bond donors (Lipinski definition) is 6. The fourth-order valence-electron chi connectivity index (χ4n) is 6.72. The van der Waals surface area contributed by atoms with Crippen LogP contribution >= 0.6 is 0 Å². The van der Waals surface area contributed by atoms with Gasteiger partial charge in [0.05, 0.1) is 18.8 Å². The first kappa shape index (κ1) is 46.0. The van der Waals surface area contributed by atoms with Crippen LogP contribution in [0.5, 0.6) is 0 Å². The third-order valence-electron chi connectivity index (χ3n) is 10.0. The van der Waals surface area contributed by atoms with E-state index >= 15 is 0 Å². The number of benzene rings is 4. The van der Waals surface area contributed by atoms with Gasteiger partial charge < -0.3 is 41.0 Å². The minimum atomic E-state index is -1.42. The summed E-state index contributed by atoms with van der Waals surface area (Å²) in [6.45, 7) is 10.3. The predicted octanol–water partition coefficient (Wildman–Crippen LogP) is 6.09. The summed E-state index contributed by atoms with van der Waals surface area (Å²) in [6, 6.07) is 32.9. The molecule has 0 aliphatic rings. The molecule has 316 valence electrons. The first-order valence-electron chi connectivity index (χ1n) is 20.0. The number of nitrogens with one attached hydrogen (secondary N) is 4. The number of carbonyl (C=O) groups is 4. The Hall–Kier alpha value is -5.72. The summed E-state index contributed by atoms with van der Waals surface area (Å²) in [5.74, 6) is -2.13. The zero-order chi connectivity index (χ0) is 43.0. The zero-order valence-electron chi connectivity index (χ0n) is 34.9. The van der Waals surface area contributed by atoms with Crippen molar-refractivity contribution in [1.82, 2.24) is 21.3 Å². The minimum absolute atomic E-state index is 0.00761. The lowest BCUT2D eigenvalue weighted by Gasteiger charge is -2.38. The smallest absolute Gasteiger partial charge is 0.408 e. The molecule has 4 rings (SSSR count). The largest absolute Gasteiger partial charge is 0.445 e. The fourth-order valence-corrected chi connectivity index (χ4v) is 6.72. The minimum Gasteiger partial charge on any atom is -0.445 e. The van der Waals surface area contributed by atoms with Crippen LogP contribution in [-0.2, 0) is 45.1 Å². The molecule has 12 nitrogen and oxygen atoms in total. The summed E-state index contributed by atoms with van der Waals surface area (Å²) in [5, 5.41) is 34.8. The van der Waals surface area contributed by atoms with E-state index in [-0.39, 0.29) is 26.1 Å². The van der Waals surface area contributed by atoms with Crippen molar-refractivity contribution in [3.8, 4) is 0 Å². The van der Waals surface area contributed by atoms with E-state index in [2.05, 4.69) is 21.3 Å². The molecular weight excluding hydrogens is 749 g/mol. The summed E-state index contributed by atoms with van der Waals surface area (Å²) in [5.41, 5.74) is 1.63. The SMILES string of the molecule is CC(C)(C)[C@H](NC(=O)OCc1ccccc1)C(=O)N[C@@H](Cc1ccccc1)[C@@H](O)[C@H](CO)[C@H](Cc1ccccc1)NC(=O)[C@@H](NC(=O)OCc1ccccc1)C(C)(C)C. The molecule has 0 spiro atoms. The summed E-state index contributed by atoms with van der Waals surface area (Å²) in [4.78, 5) is 54.6. The van der Waals surface area contributed by atoms with Crippen LogP contribution in [0.1, 0.15) is 63.8 Å². The lowest BCUT2D eigenvalue weighted by Crippen LogP contribution is -2.61. The molecule has 0 aromatic heterocycles. The number of alkyl carbamates (subject to hydrolysis) is 2. The predicted molar refractivity (Wildman–Crippen MR) is 227 cm³/mol. The van der Waals surface area contributed by atoms with E-state index in [0.717, 1.165) is 22.3 Å². The third-order valence-corrected chi connectivity index (χ3v) is 10.0. The highest BCUT2D eigenvalue weighted by Crippen LogP contribution is 2.25. The van der Waals surface area contributed by atoms with E-state index in [1.165, 1.54) is 0 Å². The number of hydrogen-bond acceptors (Lipinski definition) is 8. The van der Waals surface area contributed by atoms with Crippen LogP contribution in [0, 0.1) is 16.7 Å². The van der Waals surface area contributed by atoms with Crippen LogP contribution in [0.25, 0.3) is 0 Å². The maximum atomic E-state index is 14.3. The average Bonchev–Trinajstić information content (AvgIpc) is 3.21. The molecule has 6 N–H and O–H groups in total. The molecular formula is C47H60N4O8. The Morgan fingerprint density at radius 1 is 0.508 bits per heavy atom. The van der Waals surface area contributed by atoms with Crippen molar-refractivity contribution >= 4 is 24.0 Å². The Kier molecular flexibility index (Phi) is 17.0. The molecule has 6 atom stereocenters. The Morgan fingerprint density at radius 2 is 0.831 bits per heavy atom. The van der Waals surface area contributed by atoms with Crippen LogP contribution in [0.3, 0.4) is 0 Å². The zero-order valence-corrected chi connectivity index (χ0v) is 34.9. The maximum absolute atomic E-state index is 14.3. The topological polar surface area (TPSA) is 175 Å². The molecule has 59 heavy (non-hydrogen) atoms.